The molecule has 1 fully saturated rings. The van der Waals surface area contributed by atoms with Gasteiger partial charge in [-0.3, -0.25) is 10.1 Å². The summed E-state index contributed by atoms with van der Waals surface area (Å²) in [7, 11) is 0. The highest BCUT2D eigenvalue weighted by Crippen LogP contribution is 2.28. The topological polar surface area (TPSA) is 55.4 Å². The van der Waals surface area contributed by atoms with Gasteiger partial charge in [0.15, 0.2) is 5.60 Å². The zero-order chi connectivity index (χ0) is 9.90. The number of carbonyl (C=O) groups is 2. The van der Waals surface area contributed by atoms with Gasteiger partial charge in [0.1, 0.15) is 0 Å². The maximum atomic E-state index is 11.4. The fraction of sp³-hybridized carbons (Fsp3) is 0.778. The summed E-state index contributed by atoms with van der Waals surface area (Å²) in [4.78, 5) is 22.3. The van der Waals surface area contributed by atoms with Gasteiger partial charge in [0.05, 0.1) is 0 Å². The van der Waals surface area contributed by atoms with Crippen LogP contribution in [0.2, 0.25) is 0 Å². The van der Waals surface area contributed by atoms with Crippen molar-refractivity contribution in [2.24, 2.45) is 0 Å². The van der Waals surface area contributed by atoms with Gasteiger partial charge in [-0.05, 0) is 12.8 Å². The molecule has 0 aliphatic carbocycles. The van der Waals surface area contributed by atoms with Crippen molar-refractivity contribution in [1.82, 2.24) is 5.32 Å². The van der Waals surface area contributed by atoms with Gasteiger partial charge >= 0.3 is 6.09 Å². The van der Waals surface area contributed by atoms with Gasteiger partial charge in [0, 0.05) is 0 Å². The number of carbonyl (C=O) groups excluding carboxylic acids is 2. The third-order valence-corrected chi connectivity index (χ3v) is 2.23. The Kier molecular flexibility index (Phi) is 2.90. The molecule has 0 aromatic heterocycles. The Hall–Kier alpha value is -1.06. The van der Waals surface area contributed by atoms with Crippen LogP contribution in [0, 0.1) is 0 Å². The SMILES string of the molecule is CCCC1(CCC)OC(=O)NC1=O. The molecule has 0 bridgehead atoms. The maximum Gasteiger partial charge on any atom is 0.415 e. The lowest BCUT2D eigenvalue weighted by molar-refractivity contribution is -0.132. The number of rotatable bonds is 4. The first-order valence-corrected chi connectivity index (χ1v) is 4.69. The molecule has 0 atom stereocenters. The first kappa shape index (κ1) is 10.0. The third-order valence-electron chi connectivity index (χ3n) is 2.23. The number of hydrogen-bond acceptors (Lipinski definition) is 3. The summed E-state index contributed by atoms with van der Waals surface area (Å²) in [6.45, 7) is 3.94. The Balaban J connectivity index is 2.77. The molecule has 1 aliphatic heterocycles. The van der Waals surface area contributed by atoms with Gasteiger partial charge in [-0.1, -0.05) is 26.7 Å². The molecule has 0 spiro atoms. The Morgan fingerprint density at radius 3 is 2.08 bits per heavy atom. The van der Waals surface area contributed by atoms with Crippen molar-refractivity contribution >= 4 is 12.0 Å². The first-order chi connectivity index (χ1) is 6.14. The van der Waals surface area contributed by atoms with Crippen LogP contribution in [-0.2, 0) is 9.53 Å². The van der Waals surface area contributed by atoms with Crippen LogP contribution < -0.4 is 5.32 Å². The third kappa shape index (κ3) is 1.82. The zero-order valence-electron chi connectivity index (χ0n) is 8.05. The van der Waals surface area contributed by atoms with Crippen LogP contribution in [0.15, 0.2) is 0 Å². The number of hydrogen-bond donors (Lipinski definition) is 1. The Labute approximate surface area is 77.6 Å². The van der Waals surface area contributed by atoms with Crippen molar-refractivity contribution in [2.45, 2.75) is 45.1 Å². The molecular weight excluding hydrogens is 170 g/mol. The van der Waals surface area contributed by atoms with E-state index in [-0.39, 0.29) is 5.91 Å². The second-order valence-electron chi connectivity index (χ2n) is 3.34. The molecule has 0 saturated carbocycles. The van der Waals surface area contributed by atoms with E-state index in [0.717, 1.165) is 12.8 Å². The second kappa shape index (κ2) is 3.77. The van der Waals surface area contributed by atoms with Crippen LogP contribution in [0.5, 0.6) is 0 Å². The normalized spacial score (nSPS) is 19.8. The monoisotopic (exact) mass is 185 g/mol. The molecule has 0 radical (unpaired) electrons. The van der Waals surface area contributed by atoms with Crippen LogP contribution in [0.25, 0.3) is 0 Å². The van der Waals surface area contributed by atoms with E-state index < -0.39 is 11.7 Å². The van der Waals surface area contributed by atoms with Gasteiger partial charge in [-0.15, -0.1) is 0 Å². The fourth-order valence-electron chi connectivity index (χ4n) is 1.72. The van der Waals surface area contributed by atoms with Crippen molar-refractivity contribution < 1.29 is 14.3 Å². The molecular formula is C9H15NO3. The molecule has 4 nitrogen and oxygen atoms in total. The van der Waals surface area contributed by atoms with Crippen molar-refractivity contribution in [3.63, 3.8) is 0 Å². The smallest absolute Gasteiger partial charge is 0.415 e. The number of amides is 2. The Morgan fingerprint density at radius 1 is 1.23 bits per heavy atom. The number of nitrogens with one attached hydrogen (secondary N) is 1. The molecule has 0 aromatic carbocycles. The van der Waals surface area contributed by atoms with E-state index in [9.17, 15) is 9.59 Å². The summed E-state index contributed by atoms with van der Waals surface area (Å²) in [6, 6.07) is 0. The maximum absolute atomic E-state index is 11.4. The van der Waals surface area contributed by atoms with Crippen LogP contribution in [0.4, 0.5) is 4.79 Å². The standard InChI is InChI=1S/C9H15NO3/c1-3-5-9(6-4-2)7(11)10-8(12)13-9/h3-6H2,1-2H3,(H,10,11,12). The lowest BCUT2D eigenvalue weighted by atomic mass is 9.92. The summed E-state index contributed by atoms with van der Waals surface area (Å²) < 4.78 is 5.04. The van der Waals surface area contributed by atoms with Crippen LogP contribution in [0.1, 0.15) is 39.5 Å². The van der Waals surface area contributed by atoms with Crippen molar-refractivity contribution in [2.75, 3.05) is 0 Å². The molecule has 0 unspecified atom stereocenters. The van der Waals surface area contributed by atoms with Gasteiger partial charge in [-0.25, -0.2) is 4.79 Å². The Bertz CT molecular complexity index is 219. The minimum absolute atomic E-state index is 0.277. The lowest BCUT2D eigenvalue weighted by Gasteiger charge is -2.22. The molecule has 74 valence electrons. The van der Waals surface area contributed by atoms with Gasteiger partial charge in [-0.2, -0.15) is 0 Å². The fourth-order valence-corrected chi connectivity index (χ4v) is 1.72. The van der Waals surface area contributed by atoms with Crippen LogP contribution in [-0.4, -0.2) is 17.6 Å². The molecule has 4 heteroatoms. The van der Waals surface area contributed by atoms with Gasteiger partial charge in [0.25, 0.3) is 5.91 Å². The predicted octanol–water partition coefficient (Wildman–Crippen LogP) is 1.59. The number of cyclic esters (lactones) is 1. The summed E-state index contributed by atoms with van der Waals surface area (Å²) in [5.74, 6) is -0.277. The van der Waals surface area contributed by atoms with E-state index in [4.69, 9.17) is 4.74 Å². The molecule has 1 N–H and O–H groups in total. The molecule has 1 rings (SSSR count). The van der Waals surface area contributed by atoms with E-state index in [0.29, 0.717) is 12.8 Å². The number of ether oxygens (including phenoxy) is 1. The van der Waals surface area contributed by atoms with Gasteiger partial charge in [0.2, 0.25) is 0 Å². The number of imide groups is 1. The highest BCUT2D eigenvalue weighted by Gasteiger charge is 2.47. The molecule has 0 aromatic rings. The highest BCUT2D eigenvalue weighted by molar-refractivity contribution is 6.02. The van der Waals surface area contributed by atoms with E-state index in [1.54, 1.807) is 0 Å². The largest absolute Gasteiger partial charge is 0.432 e. The molecule has 13 heavy (non-hydrogen) atoms. The summed E-state index contributed by atoms with van der Waals surface area (Å²) >= 11 is 0. The average molecular weight is 185 g/mol. The van der Waals surface area contributed by atoms with E-state index in [1.807, 2.05) is 13.8 Å². The number of alkyl carbamates (subject to hydrolysis) is 1. The molecule has 1 heterocycles. The average Bonchev–Trinajstić information content (AvgIpc) is 2.28. The predicted molar refractivity (Wildman–Crippen MR) is 47.2 cm³/mol. The van der Waals surface area contributed by atoms with Crippen LogP contribution in [0.3, 0.4) is 0 Å². The molecule has 2 amide bonds. The van der Waals surface area contributed by atoms with E-state index >= 15 is 0 Å². The zero-order valence-corrected chi connectivity index (χ0v) is 8.05. The van der Waals surface area contributed by atoms with E-state index in [2.05, 4.69) is 5.32 Å². The van der Waals surface area contributed by atoms with E-state index in [1.165, 1.54) is 0 Å². The Morgan fingerprint density at radius 2 is 1.77 bits per heavy atom. The quantitative estimate of drug-likeness (QED) is 0.723. The summed E-state index contributed by atoms with van der Waals surface area (Å²) in [5, 5.41) is 2.18. The molecule has 1 saturated heterocycles. The van der Waals surface area contributed by atoms with Crippen LogP contribution >= 0.6 is 0 Å². The lowest BCUT2D eigenvalue weighted by Crippen LogP contribution is -2.38. The van der Waals surface area contributed by atoms with Crippen molar-refractivity contribution in [3.8, 4) is 0 Å². The molecule has 1 aliphatic rings. The highest BCUT2D eigenvalue weighted by atomic mass is 16.6. The summed E-state index contributed by atoms with van der Waals surface area (Å²) in [6.07, 6.45) is 2.28. The first-order valence-electron chi connectivity index (χ1n) is 4.69. The van der Waals surface area contributed by atoms with Gasteiger partial charge < -0.3 is 4.74 Å². The van der Waals surface area contributed by atoms with Crippen molar-refractivity contribution in [3.05, 3.63) is 0 Å². The minimum Gasteiger partial charge on any atom is -0.432 e. The summed E-state index contributed by atoms with van der Waals surface area (Å²) in [5.41, 5.74) is -0.874. The van der Waals surface area contributed by atoms with Crippen molar-refractivity contribution in [1.29, 1.82) is 0 Å². The second-order valence-corrected chi connectivity index (χ2v) is 3.34. The minimum atomic E-state index is -0.874.